The molecule has 5 heteroatoms. The molecule has 0 aliphatic carbocycles. The summed E-state index contributed by atoms with van der Waals surface area (Å²) in [6.45, 7) is 2.89. The number of hydrogen-bond donors (Lipinski definition) is 2. The zero-order valence-corrected chi connectivity index (χ0v) is 11.1. The Bertz CT molecular complexity index is 466. The molecule has 3 N–H and O–H groups in total. The first kappa shape index (κ1) is 14.8. The van der Waals surface area contributed by atoms with Crippen LogP contribution in [-0.4, -0.2) is 19.1 Å². The summed E-state index contributed by atoms with van der Waals surface area (Å²) in [7, 11) is 0. The number of esters is 1. The fourth-order valence-electron chi connectivity index (χ4n) is 1.65. The van der Waals surface area contributed by atoms with Gasteiger partial charge in [-0.05, 0) is 37.1 Å². The number of nitriles is 1. The van der Waals surface area contributed by atoms with Crippen LogP contribution in [0.3, 0.4) is 0 Å². The Morgan fingerprint density at radius 2 is 2.32 bits per heavy atom. The van der Waals surface area contributed by atoms with Gasteiger partial charge in [-0.3, -0.25) is 4.79 Å². The van der Waals surface area contributed by atoms with Crippen molar-refractivity contribution < 1.29 is 9.53 Å². The molecule has 0 radical (unpaired) electrons. The van der Waals surface area contributed by atoms with E-state index >= 15 is 0 Å². The van der Waals surface area contributed by atoms with Gasteiger partial charge in [-0.1, -0.05) is 0 Å². The lowest BCUT2D eigenvalue weighted by Crippen LogP contribution is -2.08. The highest BCUT2D eigenvalue weighted by atomic mass is 16.5. The molecule has 0 saturated carbocycles. The molecule has 0 heterocycles. The maximum absolute atomic E-state index is 11.1. The van der Waals surface area contributed by atoms with Gasteiger partial charge >= 0.3 is 5.97 Å². The molecule has 0 unspecified atom stereocenters. The molecule has 5 nitrogen and oxygen atoms in total. The SMILES string of the molecule is CCOC(=O)CCCNc1ccc(N)c(CC#N)c1. The summed E-state index contributed by atoms with van der Waals surface area (Å²) in [4.78, 5) is 11.1. The summed E-state index contributed by atoms with van der Waals surface area (Å²) < 4.78 is 4.84. The van der Waals surface area contributed by atoms with Crippen LogP contribution in [0.25, 0.3) is 0 Å². The predicted molar refractivity (Wildman–Crippen MR) is 74.5 cm³/mol. The predicted octanol–water partition coefficient (Wildman–Crippen LogP) is 2.09. The van der Waals surface area contributed by atoms with Gasteiger partial charge in [0.15, 0.2) is 0 Å². The number of ether oxygens (including phenoxy) is 1. The Balaban J connectivity index is 2.39. The molecule has 0 saturated heterocycles. The molecule has 0 aromatic heterocycles. The molecule has 0 bridgehead atoms. The molecule has 1 aromatic carbocycles. The van der Waals surface area contributed by atoms with Gasteiger partial charge in [0, 0.05) is 24.3 Å². The monoisotopic (exact) mass is 261 g/mol. The maximum atomic E-state index is 11.1. The summed E-state index contributed by atoms with van der Waals surface area (Å²) in [5, 5.41) is 11.9. The minimum absolute atomic E-state index is 0.174. The van der Waals surface area contributed by atoms with Crippen molar-refractivity contribution in [1.29, 1.82) is 5.26 Å². The molecule has 0 fully saturated rings. The number of anilines is 2. The van der Waals surface area contributed by atoms with E-state index in [9.17, 15) is 4.79 Å². The lowest BCUT2D eigenvalue weighted by molar-refractivity contribution is -0.143. The highest BCUT2D eigenvalue weighted by Crippen LogP contribution is 2.18. The number of nitrogens with one attached hydrogen (secondary N) is 1. The molecule has 0 aliphatic rings. The van der Waals surface area contributed by atoms with Gasteiger partial charge in [-0.15, -0.1) is 0 Å². The highest BCUT2D eigenvalue weighted by molar-refractivity contribution is 5.69. The van der Waals surface area contributed by atoms with Crippen LogP contribution in [0.4, 0.5) is 11.4 Å². The molecule has 19 heavy (non-hydrogen) atoms. The molecule has 0 amide bonds. The molecule has 0 atom stereocenters. The van der Waals surface area contributed by atoms with E-state index in [0.717, 1.165) is 11.3 Å². The van der Waals surface area contributed by atoms with E-state index in [1.54, 1.807) is 13.0 Å². The van der Waals surface area contributed by atoms with Crippen molar-refractivity contribution in [3.63, 3.8) is 0 Å². The second-order valence-corrected chi connectivity index (χ2v) is 4.08. The minimum Gasteiger partial charge on any atom is -0.466 e. The lowest BCUT2D eigenvalue weighted by atomic mass is 10.1. The Morgan fingerprint density at radius 3 is 3.00 bits per heavy atom. The summed E-state index contributed by atoms with van der Waals surface area (Å²) in [6, 6.07) is 7.58. The van der Waals surface area contributed by atoms with Crippen molar-refractivity contribution >= 4 is 17.3 Å². The van der Waals surface area contributed by atoms with E-state index in [1.165, 1.54) is 0 Å². The average molecular weight is 261 g/mol. The van der Waals surface area contributed by atoms with Crippen molar-refractivity contribution in [1.82, 2.24) is 0 Å². The number of nitrogen functional groups attached to an aromatic ring is 1. The Morgan fingerprint density at radius 1 is 1.53 bits per heavy atom. The van der Waals surface area contributed by atoms with E-state index < -0.39 is 0 Å². The van der Waals surface area contributed by atoms with Crippen LogP contribution in [0, 0.1) is 11.3 Å². The summed E-state index contributed by atoms with van der Waals surface area (Å²) >= 11 is 0. The number of rotatable bonds is 7. The fourth-order valence-corrected chi connectivity index (χ4v) is 1.65. The van der Waals surface area contributed by atoms with Crippen molar-refractivity contribution in [3.05, 3.63) is 23.8 Å². The van der Waals surface area contributed by atoms with Gasteiger partial charge in [-0.2, -0.15) is 5.26 Å². The van der Waals surface area contributed by atoms with Gasteiger partial charge in [-0.25, -0.2) is 0 Å². The second kappa shape index (κ2) is 7.98. The molecule has 1 aromatic rings. The lowest BCUT2D eigenvalue weighted by Gasteiger charge is -2.09. The normalized spacial score (nSPS) is 9.68. The van der Waals surface area contributed by atoms with E-state index in [0.29, 0.717) is 38.1 Å². The third kappa shape index (κ3) is 5.30. The van der Waals surface area contributed by atoms with Crippen LogP contribution in [-0.2, 0) is 16.0 Å². The third-order valence-electron chi connectivity index (χ3n) is 2.60. The van der Waals surface area contributed by atoms with Crippen LogP contribution in [0.2, 0.25) is 0 Å². The number of hydrogen-bond acceptors (Lipinski definition) is 5. The smallest absolute Gasteiger partial charge is 0.305 e. The standard InChI is InChI=1S/C14H19N3O2/c1-2-19-14(18)4-3-9-17-12-5-6-13(16)11(10-12)7-8-15/h5-6,10,17H,2-4,7,9,16H2,1H3. The first-order chi connectivity index (χ1) is 9.17. The molecule has 0 spiro atoms. The quantitative estimate of drug-likeness (QED) is 0.446. The zero-order chi connectivity index (χ0) is 14.1. The van der Waals surface area contributed by atoms with Crippen molar-refractivity contribution in [2.75, 3.05) is 24.2 Å². The van der Waals surface area contributed by atoms with Gasteiger partial charge in [0.25, 0.3) is 0 Å². The zero-order valence-electron chi connectivity index (χ0n) is 11.1. The summed E-state index contributed by atoms with van der Waals surface area (Å²) in [6.07, 6.45) is 1.40. The van der Waals surface area contributed by atoms with Crippen molar-refractivity contribution in [3.8, 4) is 6.07 Å². The van der Waals surface area contributed by atoms with E-state index in [4.69, 9.17) is 15.7 Å². The third-order valence-corrected chi connectivity index (χ3v) is 2.60. The maximum Gasteiger partial charge on any atom is 0.305 e. The van der Waals surface area contributed by atoms with E-state index in [2.05, 4.69) is 11.4 Å². The summed E-state index contributed by atoms with van der Waals surface area (Å²) in [5.41, 5.74) is 8.11. The number of nitrogens with two attached hydrogens (primary N) is 1. The average Bonchev–Trinajstić information content (AvgIpc) is 2.39. The van der Waals surface area contributed by atoms with Crippen molar-refractivity contribution in [2.45, 2.75) is 26.2 Å². The second-order valence-electron chi connectivity index (χ2n) is 4.08. The Labute approximate surface area is 113 Å². The van der Waals surface area contributed by atoms with E-state index in [1.807, 2.05) is 12.1 Å². The van der Waals surface area contributed by atoms with Gasteiger partial charge in [0.05, 0.1) is 19.1 Å². The summed E-state index contributed by atoms with van der Waals surface area (Å²) in [5.74, 6) is -0.174. The van der Waals surface area contributed by atoms with Crippen LogP contribution in [0.1, 0.15) is 25.3 Å². The minimum atomic E-state index is -0.174. The number of benzene rings is 1. The topological polar surface area (TPSA) is 88.1 Å². The molecule has 102 valence electrons. The first-order valence-corrected chi connectivity index (χ1v) is 6.32. The Hall–Kier alpha value is -2.22. The van der Waals surface area contributed by atoms with Crippen LogP contribution >= 0.6 is 0 Å². The van der Waals surface area contributed by atoms with Gasteiger partial charge < -0.3 is 15.8 Å². The molecular formula is C14H19N3O2. The van der Waals surface area contributed by atoms with Gasteiger partial charge in [0.2, 0.25) is 0 Å². The largest absolute Gasteiger partial charge is 0.466 e. The number of nitrogens with zero attached hydrogens (tertiary/aromatic N) is 1. The van der Waals surface area contributed by atoms with E-state index in [-0.39, 0.29) is 5.97 Å². The van der Waals surface area contributed by atoms with Crippen molar-refractivity contribution in [2.24, 2.45) is 0 Å². The molecule has 0 aliphatic heterocycles. The Kier molecular flexibility index (Phi) is 6.23. The number of carbonyl (C=O) groups is 1. The fraction of sp³-hybridized carbons (Fsp3) is 0.429. The van der Waals surface area contributed by atoms with Gasteiger partial charge in [0.1, 0.15) is 0 Å². The van der Waals surface area contributed by atoms with Crippen LogP contribution in [0.5, 0.6) is 0 Å². The van der Waals surface area contributed by atoms with Crippen LogP contribution in [0.15, 0.2) is 18.2 Å². The molecule has 1 rings (SSSR count). The molecular weight excluding hydrogens is 242 g/mol. The van der Waals surface area contributed by atoms with Crippen LogP contribution < -0.4 is 11.1 Å². The highest BCUT2D eigenvalue weighted by Gasteiger charge is 2.02. The number of carbonyl (C=O) groups excluding carboxylic acids is 1. The first-order valence-electron chi connectivity index (χ1n) is 6.32.